The van der Waals surface area contributed by atoms with Crippen LogP contribution in [0.3, 0.4) is 0 Å². The van der Waals surface area contributed by atoms with E-state index < -0.39 is 5.97 Å². The number of benzene rings is 2. The molecule has 0 amide bonds. The van der Waals surface area contributed by atoms with Crippen LogP contribution in [0.4, 0.5) is 0 Å². The average molecular weight is 335 g/mol. The number of carbonyl (C=O) groups is 1. The van der Waals surface area contributed by atoms with Crippen LogP contribution in [-0.4, -0.2) is 11.1 Å². The Labute approximate surface area is 126 Å². The van der Waals surface area contributed by atoms with E-state index >= 15 is 0 Å². The monoisotopic (exact) mass is 334 g/mol. The highest BCUT2D eigenvalue weighted by Gasteiger charge is 2.12. The lowest BCUT2D eigenvalue weighted by atomic mass is 10.0. The van der Waals surface area contributed by atoms with E-state index in [4.69, 9.17) is 9.84 Å². The maximum Gasteiger partial charge on any atom is 0.339 e. The van der Waals surface area contributed by atoms with Gasteiger partial charge in [0.05, 0.1) is 0 Å². The van der Waals surface area contributed by atoms with Crippen LogP contribution in [0.15, 0.2) is 40.9 Å². The van der Waals surface area contributed by atoms with Crippen molar-refractivity contribution in [2.24, 2.45) is 0 Å². The molecule has 2 aromatic carbocycles. The first-order valence-corrected chi connectivity index (χ1v) is 6.99. The number of hydrogen-bond acceptors (Lipinski definition) is 2. The van der Waals surface area contributed by atoms with Crippen LogP contribution in [0, 0.1) is 13.8 Å². The van der Waals surface area contributed by atoms with Crippen LogP contribution in [0.25, 0.3) is 0 Å². The Morgan fingerprint density at radius 1 is 1.20 bits per heavy atom. The van der Waals surface area contributed by atoms with Gasteiger partial charge in [-0.2, -0.15) is 0 Å². The third-order valence-electron chi connectivity index (χ3n) is 3.19. The molecule has 0 spiro atoms. The first-order valence-electron chi connectivity index (χ1n) is 6.20. The Morgan fingerprint density at radius 3 is 2.45 bits per heavy atom. The minimum absolute atomic E-state index is 0.166. The van der Waals surface area contributed by atoms with Gasteiger partial charge in [0.1, 0.15) is 17.9 Å². The molecule has 0 bridgehead atoms. The highest BCUT2D eigenvalue weighted by Crippen LogP contribution is 2.25. The van der Waals surface area contributed by atoms with Gasteiger partial charge < -0.3 is 9.84 Å². The predicted molar refractivity (Wildman–Crippen MR) is 81.3 cm³/mol. The second-order valence-electron chi connectivity index (χ2n) is 4.60. The zero-order valence-electron chi connectivity index (χ0n) is 11.3. The second kappa shape index (κ2) is 6.09. The summed E-state index contributed by atoms with van der Waals surface area (Å²) >= 11 is 3.33. The van der Waals surface area contributed by atoms with Gasteiger partial charge in [0, 0.05) is 4.47 Å². The van der Waals surface area contributed by atoms with E-state index in [1.165, 1.54) is 6.07 Å². The highest BCUT2D eigenvalue weighted by atomic mass is 79.9. The zero-order valence-corrected chi connectivity index (χ0v) is 12.9. The minimum atomic E-state index is -0.992. The molecule has 0 radical (unpaired) electrons. The van der Waals surface area contributed by atoms with Crippen molar-refractivity contribution in [3.8, 4) is 5.75 Å². The average Bonchev–Trinajstić information content (AvgIpc) is 2.37. The third-order valence-corrected chi connectivity index (χ3v) is 3.68. The highest BCUT2D eigenvalue weighted by molar-refractivity contribution is 9.10. The van der Waals surface area contributed by atoms with Crippen molar-refractivity contribution in [2.45, 2.75) is 20.5 Å². The molecule has 0 aliphatic carbocycles. The summed E-state index contributed by atoms with van der Waals surface area (Å²) in [5.74, 6) is -0.622. The zero-order chi connectivity index (χ0) is 14.7. The van der Waals surface area contributed by atoms with Crippen LogP contribution < -0.4 is 4.74 Å². The normalized spacial score (nSPS) is 10.3. The lowest BCUT2D eigenvalue weighted by Crippen LogP contribution is -2.05. The second-order valence-corrected chi connectivity index (χ2v) is 5.52. The van der Waals surface area contributed by atoms with E-state index in [1.54, 1.807) is 12.1 Å². The van der Waals surface area contributed by atoms with Crippen molar-refractivity contribution in [3.05, 3.63) is 63.1 Å². The number of carboxylic acids is 1. The van der Waals surface area contributed by atoms with Gasteiger partial charge in [-0.3, -0.25) is 0 Å². The standard InChI is InChI=1S/C16H15BrO3/c1-10-4-3-5-11(2)14(10)9-20-15-8-12(17)6-7-13(15)16(18)19/h3-8H,9H2,1-2H3,(H,18,19). The fraction of sp³-hybridized carbons (Fsp3) is 0.188. The molecular weight excluding hydrogens is 320 g/mol. The molecule has 0 fully saturated rings. The summed E-state index contributed by atoms with van der Waals surface area (Å²) in [7, 11) is 0. The fourth-order valence-corrected chi connectivity index (χ4v) is 2.36. The molecule has 0 aliphatic rings. The smallest absolute Gasteiger partial charge is 0.339 e. The van der Waals surface area contributed by atoms with E-state index in [0.29, 0.717) is 12.4 Å². The SMILES string of the molecule is Cc1cccc(C)c1COc1cc(Br)ccc1C(=O)O. The molecule has 0 unspecified atom stereocenters. The van der Waals surface area contributed by atoms with Crippen LogP contribution in [0.1, 0.15) is 27.0 Å². The maximum atomic E-state index is 11.2. The molecule has 20 heavy (non-hydrogen) atoms. The van der Waals surface area contributed by atoms with Gasteiger partial charge in [0.25, 0.3) is 0 Å². The number of ether oxygens (including phenoxy) is 1. The Morgan fingerprint density at radius 2 is 1.85 bits per heavy atom. The molecule has 2 rings (SSSR count). The summed E-state index contributed by atoms with van der Waals surface area (Å²) in [5, 5.41) is 9.17. The minimum Gasteiger partial charge on any atom is -0.488 e. The van der Waals surface area contributed by atoms with Crippen molar-refractivity contribution < 1.29 is 14.6 Å². The summed E-state index contributed by atoms with van der Waals surface area (Å²) in [6.45, 7) is 4.39. The van der Waals surface area contributed by atoms with E-state index in [9.17, 15) is 4.79 Å². The lowest BCUT2D eigenvalue weighted by molar-refractivity contribution is 0.0691. The number of carboxylic acid groups (broad SMARTS) is 1. The molecular formula is C16H15BrO3. The Balaban J connectivity index is 2.27. The van der Waals surface area contributed by atoms with E-state index in [1.807, 2.05) is 32.0 Å². The van der Waals surface area contributed by atoms with Crippen molar-refractivity contribution in [3.63, 3.8) is 0 Å². The summed E-state index contributed by atoms with van der Waals surface area (Å²) < 4.78 is 6.51. The molecule has 0 atom stereocenters. The van der Waals surface area contributed by atoms with Gasteiger partial charge in [0.2, 0.25) is 0 Å². The van der Waals surface area contributed by atoms with E-state index in [2.05, 4.69) is 15.9 Å². The first-order chi connectivity index (χ1) is 9.49. The molecule has 104 valence electrons. The number of aromatic carboxylic acids is 1. The number of aryl methyl sites for hydroxylation is 2. The quantitative estimate of drug-likeness (QED) is 0.904. The Hall–Kier alpha value is -1.81. The largest absolute Gasteiger partial charge is 0.488 e. The van der Waals surface area contributed by atoms with Crippen LogP contribution >= 0.6 is 15.9 Å². The van der Waals surface area contributed by atoms with Crippen LogP contribution in [0.5, 0.6) is 5.75 Å². The van der Waals surface area contributed by atoms with Crippen LogP contribution in [0.2, 0.25) is 0 Å². The number of hydrogen-bond donors (Lipinski definition) is 1. The van der Waals surface area contributed by atoms with Crippen molar-refractivity contribution in [1.82, 2.24) is 0 Å². The molecule has 0 aromatic heterocycles. The molecule has 2 aromatic rings. The third kappa shape index (κ3) is 3.20. The maximum absolute atomic E-state index is 11.2. The van der Waals surface area contributed by atoms with Gasteiger partial charge in [-0.1, -0.05) is 34.1 Å². The topological polar surface area (TPSA) is 46.5 Å². The molecule has 0 heterocycles. The fourth-order valence-electron chi connectivity index (χ4n) is 2.02. The van der Waals surface area contributed by atoms with Gasteiger partial charge in [-0.25, -0.2) is 4.79 Å². The van der Waals surface area contributed by atoms with Gasteiger partial charge in [-0.05, 0) is 48.7 Å². The van der Waals surface area contributed by atoms with Crippen molar-refractivity contribution >= 4 is 21.9 Å². The van der Waals surface area contributed by atoms with Crippen LogP contribution in [-0.2, 0) is 6.61 Å². The summed E-state index contributed by atoms with van der Waals surface area (Å²) in [5.41, 5.74) is 3.52. The van der Waals surface area contributed by atoms with Gasteiger partial charge in [0.15, 0.2) is 0 Å². The molecule has 3 nitrogen and oxygen atoms in total. The summed E-state index contributed by atoms with van der Waals surface area (Å²) in [6, 6.07) is 10.9. The van der Waals surface area contributed by atoms with E-state index in [0.717, 1.165) is 21.2 Å². The summed E-state index contributed by atoms with van der Waals surface area (Å²) in [4.78, 5) is 11.2. The molecule has 0 saturated carbocycles. The molecule has 0 aliphatic heterocycles. The number of rotatable bonds is 4. The molecule has 4 heteroatoms. The van der Waals surface area contributed by atoms with Gasteiger partial charge >= 0.3 is 5.97 Å². The van der Waals surface area contributed by atoms with Gasteiger partial charge in [-0.15, -0.1) is 0 Å². The Kier molecular flexibility index (Phi) is 4.45. The lowest BCUT2D eigenvalue weighted by Gasteiger charge is -2.13. The van der Waals surface area contributed by atoms with Crippen molar-refractivity contribution in [1.29, 1.82) is 0 Å². The molecule has 1 N–H and O–H groups in total. The number of halogens is 1. The first kappa shape index (κ1) is 14.6. The molecule has 0 saturated heterocycles. The Bertz CT molecular complexity index is 630. The van der Waals surface area contributed by atoms with Crippen molar-refractivity contribution in [2.75, 3.05) is 0 Å². The van der Waals surface area contributed by atoms with E-state index in [-0.39, 0.29) is 5.56 Å². The summed E-state index contributed by atoms with van der Waals surface area (Å²) in [6.07, 6.45) is 0. The predicted octanol–water partition coefficient (Wildman–Crippen LogP) is 4.34.